The number of nitrogens with zero attached hydrogens (tertiary/aromatic N) is 4. The summed E-state index contributed by atoms with van der Waals surface area (Å²) in [5.74, 6) is 3.06. The van der Waals surface area contributed by atoms with E-state index in [1.54, 1.807) is 14.2 Å². The van der Waals surface area contributed by atoms with Crippen LogP contribution in [0.1, 0.15) is 25.3 Å². The van der Waals surface area contributed by atoms with Gasteiger partial charge in [-0.25, -0.2) is 9.97 Å². The Hall–Kier alpha value is -1.86. The molecular formula is C21H27BrN4O2. The average Bonchev–Trinajstić information content (AvgIpc) is 2.74. The predicted octanol–water partition coefficient (Wildman–Crippen LogP) is 3.75. The van der Waals surface area contributed by atoms with Crippen molar-refractivity contribution in [2.24, 2.45) is 5.92 Å². The van der Waals surface area contributed by atoms with Crippen LogP contribution in [0.3, 0.4) is 0 Å². The first-order chi connectivity index (χ1) is 13.6. The number of piperidine rings is 3. The summed E-state index contributed by atoms with van der Waals surface area (Å²) in [5.41, 5.74) is 1.11. The van der Waals surface area contributed by atoms with E-state index in [0.717, 1.165) is 27.5 Å². The number of hydrogen-bond acceptors (Lipinski definition) is 6. The molecule has 2 bridgehead atoms. The molecule has 7 heteroatoms. The second kappa shape index (κ2) is 8.25. The fourth-order valence-electron chi connectivity index (χ4n) is 4.72. The van der Waals surface area contributed by atoms with E-state index in [-0.39, 0.29) is 0 Å². The molecule has 6 nitrogen and oxygen atoms in total. The Labute approximate surface area is 175 Å². The van der Waals surface area contributed by atoms with Crippen LogP contribution >= 0.6 is 15.9 Å². The van der Waals surface area contributed by atoms with Gasteiger partial charge in [-0.05, 0) is 66.8 Å². The van der Waals surface area contributed by atoms with Gasteiger partial charge in [0.25, 0.3) is 0 Å². The average molecular weight is 447 g/mol. The third kappa shape index (κ3) is 3.70. The SMILES string of the molecule is COc1ccc(CN(c2ncc(Br)cn2)C2C3CCN(CC3)C2C)c(OC)c1. The molecule has 0 radical (unpaired) electrons. The Morgan fingerprint density at radius 1 is 1.14 bits per heavy atom. The molecule has 2 aromatic rings. The highest BCUT2D eigenvalue weighted by Crippen LogP contribution is 2.38. The molecule has 0 N–H and O–H groups in total. The van der Waals surface area contributed by atoms with Crippen LogP contribution in [0.5, 0.6) is 11.5 Å². The Balaban J connectivity index is 1.71. The van der Waals surface area contributed by atoms with Crippen LogP contribution in [0.25, 0.3) is 0 Å². The molecule has 28 heavy (non-hydrogen) atoms. The number of ether oxygens (including phenoxy) is 2. The number of rotatable bonds is 6. The summed E-state index contributed by atoms with van der Waals surface area (Å²) in [5, 5.41) is 0. The number of benzene rings is 1. The summed E-state index contributed by atoms with van der Waals surface area (Å²) >= 11 is 3.45. The molecule has 4 heterocycles. The summed E-state index contributed by atoms with van der Waals surface area (Å²) < 4.78 is 11.9. The number of fused-ring (bicyclic) bond motifs is 3. The maximum Gasteiger partial charge on any atom is 0.225 e. The molecule has 1 aromatic carbocycles. The summed E-state index contributed by atoms with van der Waals surface area (Å²) in [7, 11) is 3.38. The lowest BCUT2D eigenvalue weighted by Gasteiger charge is -2.53. The first-order valence-corrected chi connectivity index (χ1v) is 10.6. The van der Waals surface area contributed by atoms with Gasteiger partial charge < -0.3 is 14.4 Å². The summed E-state index contributed by atoms with van der Waals surface area (Å²) in [4.78, 5) is 14.3. The second-order valence-electron chi connectivity index (χ2n) is 7.61. The van der Waals surface area contributed by atoms with Gasteiger partial charge in [0.05, 0.1) is 24.7 Å². The molecule has 3 aliphatic heterocycles. The Kier molecular flexibility index (Phi) is 5.73. The van der Waals surface area contributed by atoms with Crippen molar-refractivity contribution in [2.75, 3.05) is 32.2 Å². The second-order valence-corrected chi connectivity index (χ2v) is 8.53. The molecule has 5 rings (SSSR count). The van der Waals surface area contributed by atoms with E-state index in [9.17, 15) is 0 Å². The lowest BCUT2D eigenvalue weighted by molar-refractivity contribution is 0.0330. The number of halogens is 1. The van der Waals surface area contributed by atoms with Crippen molar-refractivity contribution in [3.05, 3.63) is 40.6 Å². The van der Waals surface area contributed by atoms with Gasteiger partial charge >= 0.3 is 0 Å². The van der Waals surface area contributed by atoms with Gasteiger partial charge in [0, 0.05) is 36.6 Å². The fraction of sp³-hybridized carbons (Fsp3) is 0.524. The molecule has 0 aliphatic carbocycles. The van der Waals surface area contributed by atoms with Gasteiger partial charge in [-0.1, -0.05) is 0 Å². The van der Waals surface area contributed by atoms with Gasteiger partial charge in [0.1, 0.15) is 11.5 Å². The van der Waals surface area contributed by atoms with Crippen LogP contribution in [0.15, 0.2) is 35.1 Å². The first kappa shape index (κ1) is 19.5. The largest absolute Gasteiger partial charge is 0.497 e. The number of hydrogen-bond donors (Lipinski definition) is 0. The van der Waals surface area contributed by atoms with Crippen LogP contribution in [-0.2, 0) is 6.54 Å². The molecule has 0 spiro atoms. The van der Waals surface area contributed by atoms with Crippen LogP contribution in [-0.4, -0.2) is 54.3 Å². The summed E-state index contributed by atoms with van der Waals surface area (Å²) in [6.45, 7) is 5.44. The number of methoxy groups -OCH3 is 2. The van der Waals surface area contributed by atoms with E-state index in [2.05, 4.69) is 48.7 Å². The van der Waals surface area contributed by atoms with E-state index >= 15 is 0 Å². The maximum atomic E-state index is 5.65. The van der Waals surface area contributed by atoms with Crippen molar-refractivity contribution in [2.45, 2.75) is 38.4 Å². The van der Waals surface area contributed by atoms with Gasteiger partial charge in [0.15, 0.2) is 0 Å². The van der Waals surface area contributed by atoms with Crippen LogP contribution in [0, 0.1) is 5.92 Å². The zero-order chi connectivity index (χ0) is 19.7. The van der Waals surface area contributed by atoms with Crippen molar-refractivity contribution >= 4 is 21.9 Å². The van der Waals surface area contributed by atoms with Crippen molar-refractivity contribution in [3.63, 3.8) is 0 Å². The smallest absolute Gasteiger partial charge is 0.225 e. The van der Waals surface area contributed by atoms with Crippen LogP contribution in [0.4, 0.5) is 5.95 Å². The quantitative estimate of drug-likeness (QED) is 0.673. The standard InChI is InChI=1S/C21H27BrN4O2/c1-14-20(15-6-8-25(14)9-7-15)26(21-23-11-17(22)12-24-21)13-16-4-5-18(27-2)10-19(16)28-3/h4-5,10-12,14-15,20H,6-9,13H2,1-3H3. The van der Waals surface area contributed by atoms with Crippen molar-refractivity contribution < 1.29 is 9.47 Å². The fourth-order valence-corrected chi connectivity index (χ4v) is 4.93. The Bertz CT molecular complexity index is 807. The minimum atomic E-state index is 0.385. The van der Waals surface area contributed by atoms with E-state index in [1.165, 1.54) is 25.9 Å². The minimum absolute atomic E-state index is 0.385. The summed E-state index contributed by atoms with van der Waals surface area (Å²) in [6, 6.07) is 6.86. The monoisotopic (exact) mass is 446 g/mol. The topological polar surface area (TPSA) is 50.7 Å². The molecule has 3 saturated heterocycles. The molecule has 2 atom stereocenters. The molecular weight excluding hydrogens is 420 g/mol. The molecule has 0 saturated carbocycles. The molecule has 1 aromatic heterocycles. The third-order valence-electron chi connectivity index (χ3n) is 6.19. The molecule has 3 aliphatic rings. The highest BCUT2D eigenvalue weighted by molar-refractivity contribution is 9.10. The minimum Gasteiger partial charge on any atom is -0.497 e. The predicted molar refractivity (Wildman–Crippen MR) is 113 cm³/mol. The Morgan fingerprint density at radius 2 is 1.86 bits per heavy atom. The van der Waals surface area contributed by atoms with Crippen LogP contribution in [0.2, 0.25) is 0 Å². The van der Waals surface area contributed by atoms with Crippen molar-refractivity contribution in [3.8, 4) is 11.5 Å². The van der Waals surface area contributed by atoms with Gasteiger partial charge in [0.2, 0.25) is 5.95 Å². The molecule has 3 fully saturated rings. The third-order valence-corrected chi connectivity index (χ3v) is 6.60. The highest BCUT2D eigenvalue weighted by Gasteiger charge is 2.43. The lowest BCUT2D eigenvalue weighted by Crippen LogP contribution is -2.62. The van der Waals surface area contributed by atoms with E-state index in [0.29, 0.717) is 24.5 Å². The number of anilines is 1. The van der Waals surface area contributed by atoms with Crippen molar-refractivity contribution in [1.29, 1.82) is 0 Å². The van der Waals surface area contributed by atoms with Crippen LogP contribution < -0.4 is 14.4 Å². The van der Waals surface area contributed by atoms with Crippen molar-refractivity contribution in [1.82, 2.24) is 14.9 Å². The Morgan fingerprint density at radius 3 is 2.46 bits per heavy atom. The van der Waals surface area contributed by atoms with Gasteiger partial charge in [-0.15, -0.1) is 0 Å². The zero-order valence-electron chi connectivity index (χ0n) is 16.6. The maximum absolute atomic E-state index is 5.65. The molecule has 150 valence electrons. The normalized spacial score (nSPS) is 26.1. The summed E-state index contributed by atoms with van der Waals surface area (Å²) in [6.07, 6.45) is 6.13. The zero-order valence-corrected chi connectivity index (χ0v) is 18.2. The van der Waals surface area contributed by atoms with E-state index in [4.69, 9.17) is 9.47 Å². The van der Waals surface area contributed by atoms with Gasteiger partial charge in [-0.3, -0.25) is 4.90 Å². The van der Waals surface area contributed by atoms with E-state index in [1.807, 2.05) is 24.5 Å². The number of aromatic nitrogens is 2. The molecule has 2 unspecified atom stereocenters. The van der Waals surface area contributed by atoms with Gasteiger partial charge in [-0.2, -0.15) is 0 Å². The van der Waals surface area contributed by atoms with E-state index < -0.39 is 0 Å². The lowest BCUT2D eigenvalue weighted by atomic mass is 9.78. The highest BCUT2D eigenvalue weighted by atomic mass is 79.9. The first-order valence-electron chi connectivity index (χ1n) is 9.80. The molecule has 0 amide bonds.